The topological polar surface area (TPSA) is 47.6 Å². The summed E-state index contributed by atoms with van der Waals surface area (Å²) in [6.07, 6.45) is 0. The monoisotopic (exact) mass is 369 g/mol. The van der Waals surface area contributed by atoms with Crippen LogP contribution in [0, 0.1) is 0 Å². The molecule has 0 spiro atoms. The fourth-order valence-corrected chi connectivity index (χ4v) is 2.34. The van der Waals surface area contributed by atoms with Gasteiger partial charge in [0.1, 0.15) is 5.75 Å². The van der Waals surface area contributed by atoms with Crippen LogP contribution in [0.25, 0.3) is 0 Å². The van der Waals surface area contributed by atoms with Gasteiger partial charge in [0.25, 0.3) is 5.91 Å². The minimum Gasteiger partial charge on any atom is -0.483 e. The highest BCUT2D eigenvalue weighted by Gasteiger charge is 2.06. The van der Waals surface area contributed by atoms with Gasteiger partial charge in [-0.05, 0) is 39.7 Å². The van der Waals surface area contributed by atoms with Crippen LogP contribution in [0.3, 0.4) is 0 Å². The van der Waals surface area contributed by atoms with E-state index in [0.29, 0.717) is 21.9 Å². The number of carbonyl (C=O) groups is 1. The summed E-state index contributed by atoms with van der Waals surface area (Å²) in [5.41, 5.74) is 3.30. The van der Waals surface area contributed by atoms with Crippen molar-refractivity contribution < 1.29 is 14.4 Å². The normalized spacial score (nSPS) is 10.2. The molecular weight excluding hydrogens is 358 g/mol. The Labute approximate surface area is 136 Å². The fourth-order valence-electron chi connectivity index (χ4n) is 1.54. The third-order valence-corrected chi connectivity index (χ3v) is 3.38. The molecule has 2 aromatic carbocycles. The van der Waals surface area contributed by atoms with Crippen molar-refractivity contribution >= 4 is 33.4 Å². The van der Waals surface area contributed by atoms with Crippen LogP contribution in [0.2, 0.25) is 5.02 Å². The Kier molecular flexibility index (Phi) is 6.04. The van der Waals surface area contributed by atoms with Gasteiger partial charge in [0, 0.05) is 5.02 Å². The maximum atomic E-state index is 11.6. The zero-order chi connectivity index (χ0) is 15.1. The number of hydroxylamine groups is 1. The first-order valence-corrected chi connectivity index (χ1v) is 7.34. The lowest BCUT2D eigenvalue weighted by Crippen LogP contribution is -2.29. The molecule has 0 aromatic heterocycles. The van der Waals surface area contributed by atoms with E-state index in [9.17, 15) is 4.79 Å². The maximum Gasteiger partial charge on any atom is 0.281 e. The predicted octanol–water partition coefficient (Wildman–Crippen LogP) is 3.73. The van der Waals surface area contributed by atoms with E-state index < -0.39 is 0 Å². The van der Waals surface area contributed by atoms with Crippen LogP contribution in [0.5, 0.6) is 5.75 Å². The summed E-state index contributed by atoms with van der Waals surface area (Å²) in [5.74, 6) is 0.172. The first-order valence-electron chi connectivity index (χ1n) is 6.17. The number of benzene rings is 2. The van der Waals surface area contributed by atoms with Crippen molar-refractivity contribution in [3.63, 3.8) is 0 Å². The van der Waals surface area contributed by atoms with Crippen LogP contribution in [0.15, 0.2) is 53.0 Å². The van der Waals surface area contributed by atoms with Gasteiger partial charge in [-0.15, -0.1) is 0 Å². The van der Waals surface area contributed by atoms with Crippen LogP contribution >= 0.6 is 27.5 Å². The van der Waals surface area contributed by atoms with Crippen LogP contribution in [-0.2, 0) is 16.2 Å². The molecule has 110 valence electrons. The van der Waals surface area contributed by atoms with Crippen molar-refractivity contribution in [2.75, 3.05) is 6.61 Å². The summed E-state index contributed by atoms with van der Waals surface area (Å²) in [7, 11) is 0. The number of nitrogens with one attached hydrogen (secondary N) is 1. The molecule has 0 saturated heterocycles. The van der Waals surface area contributed by atoms with Gasteiger partial charge in [-0.25, -0.2) is 5.48 Å². The maximum absolute atomic E-state index is 11.6. The zero-order valence-corrected chi connectivity index (χ0v) is 13.4. The Morgan fingerprint density at radius 1 is 1.19 bits per heavy atom. The lowest BCUT2D eigenvalue weighted by atomic mass is 10.2. The predicted molar refractivity (Wildman–Crippen MR) is 84.0 cm³/mol. The molecule has 21 heavy (non-hydrogen) atoms. The van der Waals surface area contributed by atoms with E-state index >= 15 is 0 Å². The largest absolute Gasteiger partial charge is 0.483 e. The fraction of sp³-hybridized carbons (Fsp3) is 0.133. The van der Waals surface area contributed by atoms with Gasteiger partial charge in [-0.2, -0.15) is 0 Å². The molecule has 0 atom stereocenters. The number of hydrogen-bond acceptors (Lipinski definition) is 3. The number of amides is 1. The second-order valence-electron chi connectivity index (χ2n) is 4.16. The van der Waals surface area contributed by atoms with Crippen molar-refractivity contribution in [2.45, 2.75) is 6.61 Å². The molecule has 6 heteroatoms. The highest BCUT2D eigenvalue weighted by Crippen LogP contribution is 2.27. The molecule has 2 aromatic rings. The van der Waals surface area contributed by atoms with Crippen LogP contribution in [0.4, 0.5) is 0 Å². The number of rotatable bonds is 6. The zero-order valence-electron chi connectivity index (χ0n) is 11.0. The first kappa shape index (κ1) is 15.8. The Hall–Kier alpha value is -1.56. The molecule has 1 N–H and O–H groups in total. The molecule has 0 aliphatic carbocycles. The SMILES string of the molecule is O=C(COc1ccc(Cl)cc1Br)NOCc1ccccc1. The highest BCUT2D eigenvalue weighted by molar-refractivity contribution is 9.10. The molecule has 0 aliphatic rings. The molecule has 0 radical (unpaired) electrons. The summed E-state index contributed by atoms with van der Waals surface area (Å²) in [5, 5.41) is 0.588. The van der Waals surface area contributed by atoms with Gasteiger partial charge in [0.15, 0.2) is 6.61 Å². The van der Waals surface area contributed by atoms with Gasteiger partial charge in [0.2, 0.25) is 0 Å². The summed E-state index contributed by atoms with van der Waals surface area (Å²) < 4.78 is 6.05. The summed E-state index contributed by atoms with van der Waals surface area (Å²) in [6, 6.07) is 14.6. The second kappa shape index (κ2) is 8.02. The smallest absolute Gasteiger partial charge is 0.281 e. The second-order valence-corrected chi connectivity index (χ2v) is 5.45. The first-order chi connectivity index (χ1) is 10.1. The average molecular weight is 371 g/mol. The summed E-state index contributed by atoms with van der Waals surface area (Å²) in [6.45, 7) is 0.159. The molecule has 0 bridgehead atoms. The Balaban J connectivity index is 1.72. The molecule has 0 fully saturated rings. The van der Waals surface area contributed by atoms with Crippen LogP contribution in [0.1, 0.15) is 5.56 Å². The number of halogens is 2. The molecule has 0 aliphatic heterocycles. The molecule has 0 saturated carbocycles. The van der Waals surface area contributed by atoms with Crippen molar-refractivity contribution in [3.05, 3.63) is 63.6 Å². The van der Waals surface area contributed by atoms with Crippen molar-refractivity contribution in [1.82, 2.24) is 5.48 Å². The summed E-state index contributed by atoms with van der Waals surface area (Å²) in [4.78, 5) is 16.7. The molecule has 2 rings (SSSR count). The molecule has 1 amide bonds. The molecule has 0 unspecified atom stereocenters. The van der Waals surface area contributed by atoms with E-state index in [1.807, 2.05) is 30.3 Å². The van der Waals surface area contributed by atoms with Gasteiger partial charge in [0.05, 0.1) is 11.1 Å². The molecule has 0 heterocycles. The van der Waals surface area contributed by atoms with E-state index in [4.69, 9.17) is 21.2 Å². The van der Waals surface area contributed by atoms with E-state index in [2.05, 4.69) is 21.4 Å². The summed E-state index contributed by atoms with van der Waals surface area (Å²) >= 11 is 9.13. The van der Waals surface area contributed by atoms with Crippen molar-refractivity contribution in [2.24, 2.45) is 0 Å². The van der Waals surface area contributed by atoms with E-state index in [1.165, 1.54) is 0 Å². The van der Waals surface area contributed by atoms with E-state index in [0.717, 1.165) is 5.56 Å². The average Bonchev–Trinajstić information content (AvgIpc) is 2.47. The number of hydrogen-bond donors (Lipinski definition) is 1. The Bertz CT molecular complexity index is 607. The standard InChI is InChI=1S/C15H13BrClNO3/c16-13-8-12(17)6-7-14(13)20-10-15(19)18-21-9-11-4-2-1-3-5-11/h1-8H,9-10H2,(H,18,19). The molecular formula is C15H13BrClNO3. The highest BCUT2D eigenvalue weighted by atomic mass is 79.9. The number of carbonyl (C=O) groups excluding carboxylic acids is 1. The van der Waals surface area contributed by atoms with Gasteiger partial charge >= 0.3 is 0 Å². The van der Waals surface area contributed by atoms with Crippen molar-refractivity contribution in [3.8, 4) is 5.75 Å². The van der Waals surface area contributed by atoms with Crippen molar-refractivity contribution in [1.29, 1.82) is 0 Å². The Morgan fingerprint density at radius 3 is 2.67 bits per heavy atom. The number of ether oxygens (including phenoxy) is 1. The lowest BCUT2D eigenvalue weighted by molar-refractivity contribution is -0.136. The van der Waals surface area contributed by atoms with Gasteiger partial charge in [-0.3, -0.25) is 9.63 Å². The van der Waals surface area contributed by atoms with Gasteiger partial charge in [-0.1, -0.05) is 41.9 Å². The third kappa shape index (κ3) is 5.38. The third-order valence-electron chi connectivity index (χ3n) is 2.52. The lowest BCUT2D eigenvalue weighted by Gasteiger charge is -2.09. The minimum absolute atomic E-state index is 0.144. The van der Waals surface area contributed by atoms with Crippen LogP contribution < -0.4 is 10.2 Å². The van der Waals surface area contributed by atoms with E-state index in [-0.39, 0.29) is 12.5 Å². The van der Waals surface area contributed by atoms with Gasteiger partial charge < -0.3 is 4.74 Å². The minimum atomic E-state index is -0.368. The Morgan fingerprint density at radius 2 is 1.95 bits per heavy atom. The quantitative estimate of drug-likeness (QED) is 0.788. The molecule has 4 nitrogen and oxygen atoms in total. The van der Waals surface area contributed by atoms with E-state index in [1.54, 1.807) is 18.2 Å². The van der Waals surface area contributed by atoms with Crippen LogP contribution in [-0.4, -0.2) is 12.5 Å².